The van der Waals surface area contributed by atoms with Gasteiger partial charge in [-0.25, -0.2) is 4.79 Å². The molecule has 1 rings (SSSR count). The Kier molecular flexibility index (Phi) is 5.84. The van der Waals surface area contributed by atoms with Crippen LogP contribution in [0.2, 0.25) is 0 Å². The molecule has 0 aliphatic carbocycles. The predicted octanol–water partition coefficient (Wildman–Crippen LogP) is 3.39. The van der Waals surface area contributed by atoms with E-state index in [0.717, 1.165) is 4.90 Å². The lowest BCUT2D eigenvalue weighted by Gasteiger charge is -2.28. The largest absolute Gasteiger partial charge is 0.444 e. The number of amides is 1. The Bertz CT molecular complexity index is 529. The average molecular weight is 315 g/mol. The van der Waals surface area contributed by atoms with Crippen LogP contribution in [-0.4, -0.2) is 36.5 Å². The van der Waals surface area contributed by atoms with Crippen LogP contribution >= 0.6 is 0 Å². The van der Waals surface area contributed by atoms with Crippen LogP contribution in [0.5, 0.6) is 5.75 Å². The van der Waals surface area contributed by atoms with Crippen LogP contribution in [-0.2, 0) is 9.53 Å². The lowest BCUT2D eigenvalue weighted by Crippen LogP contribution is -2.37. The maximum absolute atomic E-state index is 12.2. The number of halogens is 2. The van der Waals surface area contributed by atoms with Gasteiger partial charge in [-0.3, -0.25) is 4.90 Å². The van der Waals surface area contributed by atoms with E-state index in [1.54, 1.807) is 20.8 Å². The number of rotatable bonds is 5. The molecule has 0 radical (unpaired) electrons. The molecule has 0 N–H and O–H groups in total. The summed E-state index contributed by atoms with van der Waals surface area (Å²) in [6, 6.07) is 4.66. The van der Waals surface area contributed by atoms with E-state index < -0.39 is 24.3 Å². The second-order valence-electron chi connectivity index (χ2n) is 5.62. The highest BCUT2D eigenvalue weighted by Gasteiger charge is 2.26. The molecule has 0 aromatic heterocycles. The van der Waals surface area contributed by atoms with E-state index in [0.29, 0.717) is 11.8 Å². The molecule has 7 heteroatoms. The first-order valence-corrected chi connectivity index (χ1v) is 6.60. The predicted molar refractivity (Wildman–Crippen MR) is 75.9 cm³/mol. The van der Waals surface area contributed by atoms with Crippen LogP contribution < -0.4 is 4.74 Å². The van der Waals surface area contributed by atoms with Gasteiger partial charge in [-0.05, 0) is 38.5 Å². The van der Waals surface area contributed by atoms with Gasteiger partial charge >= 0.3 is 12.7 Å². The van der Waals surface area contributed by atoms with Gasteiger partial charge < -0.3 is 14.3 Å². The Morgan fingerprint density at radius 3 is 2.45 bits per heavy atom. The molecule has 0 bridgehead atoms. The van der Waals surface area contributed by atoms with Gasteiger partial charge in [-0.2, -0.15) is 8.78 Å². The molecule has 1 aromatic rings. The van der Waals surface area contributed by atoms with E-state index in [1.807, 2.05) is 0 Å². The molecule has 0 saturated carbocycles. The van der Waals surface area contributed by atoms with Gasteiger partial charge in [-0.1, -0.05) is 12.1 Å². The quantitative estimate of drug-likeness (QED) is 0.782. The average Bonchev–Trinajstić information content (AvgIpc) is 2.37. The zero-order valence-corrected chi connectivity index (χ0v) is 12.9. The van der Waals surface area contributed by atoms with Gasteiger partial charge in [0.2, 0.25) is 0 Å². The summed E-state index contributed by atoms with van der Waals surface area (Å²) >= 11 is 0. The van der Waals surface area contributed by atoms with E-state index in [1.165, 1.54) is 31.3 Å². The Labute approximate surface area is 127 Å². The number of aldehydes is 1. The number of benzene rings is 1. The van der Waals surface area contributed by atoms with Crippen LogP contribution in [0, 0.1) is 0 Å². The number of carbonyl (C=O) groups excluding carboxylic acids is 2. The van der Waals surface area contributed by atoms with Gasteiger partial charge in [0.05, 0.1) is 0 Å². The molecule has 1 unspecified atom stereocenters. The maximum atomic E-state index is 12.2. The van der Waals surface area contributed by atoms with Crippen molar-refractivity contribution >= 4 is 12.4 Å². The van der Waals surface area contributed by atoms with Gasteiger partial charge in [0.15, 0.2) is 0 Å². The summed E-state index contributed by atoms with van der Waals surface area (Å²) in [5.74, 6) is -0.0862. The molecule has 0 aliphatic heterocycles. The summed E-state index contributed by atoms with van der Waals surface area (Å²) in [7, 11) is 1.40. The highest BCUT2D eigenvalue weighted by molar-refractivity contribution is 5.74. The molecule has 5 nitrogen and oxygen atoms in total. The van der Waals surface area contributed by atoms with Crippen molar-refractivity contribution in [3.8, 4) is 5.75 Å². The zero-order chi connectivity index (χ0) is 16.9. The lowest BCUT2D eigenvalue weighted by atomic mass is 10.1. The normalized spacial score (nSPS) is 12.7. The third kappa shape index (κ3) is 5.31. The van der Waals surface area contributed by atoms with Crippen molar-refractivity contribution in [2.75, 3.05) is 7.05 Å². The van der Waals surface area contributed by atoms with Crippen molar-refractivity contribution in [3.63, 3.8) is 0 Å². The molecule has 0 saturated heterocycles. The second-order valence-corrected chi connectivity index (χ2v) is 5.62. The molecule has 1 atom stereocenters. The highest BCUT2D eigenvalue weighted by atomic mass is 19.3. The minimum atomic E-state index is -2.96. The second kappa shape index (κ2) is 7.20. The number of hydrogen-bond donors (Lipinski definition) is 0. The Morgan fingerprint density at radius 2 is 1.95 bits per heavy atom. The third-order valence-electron chi connectivity index (χ3n) is 2.65. The van der Waals surface area contributed by atoms with Crippen molar-refractivity contribution in [1.29, 1.82) is 0 Å². The van der Waals surface area contributed by atoms with Gasteiger partial charge in [0, 0.05) is 7.05 Å². The molecule has 0 aliphatic rings. The summed E-state index contributed by atoms with van der Waals surface area (Å²) in [5, 5.41) is 0. The lowest BCUT2D eigenvalue weighted by molar-refractivity contribution is -0.112. The fraction of sp³-hybridized carbons (Fsp3) is 0.467. The van der Waals surface area contributed by atoms with Gasteiger partial charge in [0.25, 0.3) is 0 Å². The number of likely N-dealkylation sites (N-methyl/N-ethyl adjacent to an activating group) is 1. The Hall–Kier alpha value is -2.18. The molecular formula is C15H19F2NO4. The van der Waals surface area contributed by atoms with Gasteiger partial charge in [0.1, 0.15) is 23.7 Å². The summed E-state index contributed by atoms with van der Waals surface area (Å²) < 4.78 is 33.9. The van der Waals surface area contributed by atoms with Crippen molar-refractivity contribution in [1.82, 2.24) is 4.90 Å². The highest BCUT2D eigenvalue weighted by Crippen LogP contribution is 2.24. The van der Waals surface area contributed by atoms with Crippen LogP contribution in [0.4, 0.5) is 13.6 Å². The van der Waals surface area contributed by atoms with E-state index in [-0.39, 0.29) is 5.75 Å². The SMILES string of the molecule is CN(C(=O)OC(C)(C)C)C(C=O)c1cccc(OC(F)F)c1. The van der Waals surface area contributed by atoms with Crippen molar-refractivity contribution < 1.29 is 27.8 Å². The molecule has 122 valence electrons. The summed E-state index contributed by atoms with van der Waals surface area (Å²) in [5.41, 5.74) is -0.360. The van der Waals surface area contributed by atoms with Crippen molar-refractivity contribution in [2.24, 2.45) is 0 Å². The van der Waals surface area contributed by atoms with Gasteiger partial charge in [-0.15, -0.1) is 0 Å². The fourth-order valence-electron chi connectivity index (χ4n) is 1.72. The molecule has 0 spiro atoms. The molecule has 22 heavy (non-hydrogen) atoms. The molecule has 1 aromatic carbocycles. The first-order chi connectivity index (χ1) is 10.1. The Balaban J connectivity index is 2.95. The minimum absolute atomic E-state index is 0.0862. The number of alkyl halides is 2. The topological polar surface area (TPSA) is 55.8 Å². The zero-order valence-electron chi connectivity index (χ0n) is 12.9. The first-order valence-electron chi connectivity index (χ1n) is 6.60. The van der Waals surface area contributed by atoms with E-state index in [4.69, 9.17) is 4.74 Å². The number of hydrogen-bond acceptors (Lipinski definition) is 4. The van der Waals surface area contributed by atoms with E-state index in [9.17, 15) is 18.4 Å². The smallest absolute Gasteiger partial charge is 0.410 e. The van der Waals surface area contributed by atoms with Crippen LogP contribution in [0.1, 0.15) is 32.4 Å². The summed E-state index contributed by atoms with van der Waals surface area (Å²) in [6.45, 7) is 2.14. The maximum Gasteiger partial charge on any atom is 0.410 e. The number of nitrogens with zero attached hydrogens (tertiary/aromatic N) is 1. The van der Waals surface area contributed by atoms with E-state index in [2.05, 4.69) is 4.74 Å². The molecule has 1 amide bonds. The number of ether oxygens (including phenoxy) is 2. The summed E-state index contributed by atoms with van der Waals surface area (Å²) in [4.78, 5) is 24.4. The van der Waals surface area contributed by atoms with Crippen molar-refractivity contribution in [3.05, 3.63) is 29.8 Å². The van der Waals surface area contributed by atoms with Crippen LogP contribution in [0.25, 0.3) is 0 Å². The molecule has 0 fully saturated rings. The fourth-order valence-corrected chi connectivity index (χ4v) is 1.72. The van der Waals surface area contributed by atoms with Crippen LogP contribution in [0.3, 0.4) is 0 Å². The molecular weight excluding hydrogens is 296 g/mol. The van der Waals surface area contributed by atoms with Crippen LogP contribution in [0.15, 0.2) is 24.3 Å². The van der Waals surface area contributed by atoms with E-state index >= 15 is 0 Å². The minimum Gasteiger partial charge on any atom is -0.444 e. The number of carbonyl (C=O) groups is 2. The summed E-state index contributed by atoms with van der Waals surface area (Å²) in [6.07, 6.45) is -0.157. The van der Waals surface area contributed by atoms with Crippen molar-refractivity contribution in [2.45, 2.75) is 39.0 Å². The third-order valence-corrected chi connectivity index (χ3v) is 2.65. The monoisotopic (exact) mass is 315 g/mol. The first kappa shape index (κ1) is 17.9. The standard InChI is InChI=1S/C15H19F2NO4/c1-15(2,3)22-14(20)18(4)12(9-19)10-6-5-7-11(8-10)21-13(16)17/h5-9,12-13H,1-4H3. The molecule has 0 heterocycles. The Morgan fingerprint density at radius 1 is 1.32 bits per heavy atom.